The van der Waals surface area contributed by atoms with Crippen LogP contribution in [0.15, 0.2) is 48.7 Å². The van der Waals surface area contributed by atoms with Crippen LogP contribution in [0.25, 0.3) is 17.0 Å². The first-order valence-corrected chi connectivity index (χ1v) is 14.7. The van der Waals surface area contributed by atoms with Gasteiger partial charge < -0.3 is 15.4 Å². The van der Waals surface area contributed by atoms with Gasteiger partial charge in [-0.1, -0.05) is 17.3 Å². The van der Waals surface area contributed by atoms with Crippen molar-refractivity contribution in [1.82, 2.24) is 35.2 Å². The summed E-state index contributed by atoms with van der Waals surface area (Å²) < 4.78 is 8.06. The quantitative estimate of drug-likeness (QED) is 0.261. The van der Waals surface area contributed by atoms with Crippen LogP contribution < -0.4 is 15.4 Å². The van der Waals surface area contributed by atoms with Crippen LogP contribution >= 0.6 is 0 Å². The summed E-state index contributed by atoms with van der Waals surface area (Å²) in [5, 5.41) is 24.7. The molecule has 43 heavy (non-hydrogen) atoms. The van der Waals surface area contributed by atoms with Gasteiger partial charge in [-0.2, -0.15) is 10.2 Å². The molecule has 220 valence electrons. The van der Waals surface area contributed by atoms with Gasteiger partial charge in [0.2, 0.25) is 17.7 Å². The Balaban J connectivity index is 1.09. The number of amides is 1. The number of nitriles is 1. The number of anilines is 1. The van der Waals surface area contributed by atoms with Crippen molar-refractivity contribution in [1.29, 1.82) is 5.26 Å². The van der Waals surface area contributed by atoms with Crippen molar-refractivity contribution in [2.24, 2.45) is 0 Å². The van der Waals surface area contributed by atoms with E-state index in [0.29, 0.717) is 24.4 Å². The Morgan fingerprint density at radius 3 is 2.60 bits per heavy atom. The Kier molecular flexibility index (Phi) is 8.29. The van der Waals surface area contributed by atoms with Crippen molar-refractivity contribution in [3.05, 3.63) is 71.1 Å². The summed E-state index contributed by atoms with van der Waals surface area (Å²) >= 11 is 0. The lowest BCUT2D eigenvalue weighted by Crippen LogP contribution is -2.39. The molecule has 2 aromatic heterocycles. The van der Waals surface area contributed by atoms with Crippen molar-refractivity contribution in [3.8, 4) is 17.7 Å². The highest BCUT2D eigenvalue weighted by molar-refractivity contribution is 5.85. The number of fused-ring (bicyclic) bond motifs is 1. The molecular formula is C32H35N9O2. The molecule has 0 radical (unpaired) electrons. The Labute approximate surface area is 250 Å². The van der Waals surface area contributed by atoms with Gasteiger partial charge in [-0.15, -0.1) is 5.10 Å². The van der Waals surface area contributed by atoms with Gasteiger partial charge in [-0.3, -0.25) is 9.69 Å². The summed E-state index contributed by atoms with van der Waals surface area (Å²) in [6.07, 6.45) is 9.12. The van der Waals surface area contributed by atoms with E-state index < -0.39 is 0 Å². The Morgan fingerprint density at radius 2 is 1.86 bits per heavy atom. The normalized spacial score (nSPS) is 15.9. The molecule has 0 unspecified atom stereocenters. The minimum atomic E-state index is -0.0112. The Morgan fingerprint density at radius 1 is 1.09 bits per heavy atom. The number of hydrogen-bond acceptors (Lipinski definition) is 9. The van der Waals surface area contributed by atoms with Crippen LogP contribution in [0.3, 0.4) is 0 Å². The van der Waals surface area contributed by atoms with Crippen LogP contribution in [0.1, 0.15) is 48.1 Å². The summed E-state index contributed by atoms with van der Waals surface area (Å²) in [6, 6.07) is 14.5. The van der Waals surface area contributed by atoms with Crippen molar-refractivity contribution < 1.29 is 9.53 Å². The number of para-hydroxylation sites is 1. The van der Waals surface area contributed by atoms with Crippen molar-refractivity contribution in [2.75, 3.05) is 18.4 Å². The van der Waals surface area contributed by atoms with Gasteiger partial charge in [0.1, 0.15) is 12.3 Å². The third-order valence-corrected chi connectivity index (χ3v) is 7.74. The van der Waals surface area contributed by atoms with Gasteiger partial charge in [0, 0.05) is 37.8 Å². The van der Waals surface area contributed by atoms with E-state index in [0.717, 1.165) is 77.8 Å². The van der Waals surface area contributed by atoms with Gasteiger partial charge in [0.25, 0.3) is 0 Å². The third kappa shape index (κ3) is 7.16. The summed E-state index contributed by atoms with van der Waals surface area (Å²) in [4.78, 5) is 24.0. The summed E-state index contributed by atoms with van der Waals surface area (Å²) in [6.45, 7) is 6.69. The molecule has 2 fully saturated rings. The van der Waals surface area contributed by atoms with Crippen LogP contribution in [0.4, 0.5) is 5.95 Å². The van der Waals surface area contributed by atoms with Gasteiger partial charge in [0.15, 0.2) is 0 Å². The zero-order valence-corrected chi connectivity index (χ0v) is 24.5. The molecule has 1 saturated heterocycles. The van der Waals surface area contributed by atoms with E-state index in [4.69, 9.17) is 20.0 Å². The van der Waals surface area contributed by atoms with E-state index >= 15 is 0 Å². The first-order valence-electron chi connectivity index (χ1n) is 14.7. The first kappa shape index (κ1) is 28.3. The molecule has 1 aliphatic carbocycles. The average Bonchev–Trinajstić information content (AvgIpc) is 3.70. The average molecular weight is 578 g/mol. The van der Waals surface area contributed by atoms with Gasteiger partial charge in [0.05, 0.1) is 28.9 Å². The molecule has 3 heterocycles. The van der Waals surface area contributed by atoms with E-state index in [-0.39, 0.29) is 18.5 Å². The molecule has 0 bridgehead atoms. The van der Waals surface area contributed by atoms with Crippen LogP contribution in [0.5, 0.6) is 11.6 Å². The fraction of sp³-hybridized carbons (Fsp3) is 0.375. The number of hydrogen-bond donors (Lipinski definition) is 2. The predicted octanol–water partition coefficient (Wildman–Crippen LogP) is 4.52. The van der Waals surface area contributed by atoms with Crippen molar-refractivity contribution in [3.63, 3.8) is 0 Å². The van der Waals surface area contributed by atoms with Crippen LogP contribution in [-0.4, -0.2) is 60.9 Å². The predicted molar refractivity (Wildman–Crippen MR) is 163 cm³/mol. The van der Waals surface area contributed by atoms with Gasteiger partial charge in [-0.25, -0.2) is 9.67 Å². The Hall–Kier alpha value is -4.82. The topological polar surface area (TPSA) is 134 Å². The molecule has 0 spiro atoms. The number of nitrogens with one attached hydrogen (secondary N) is 2. The molecule has 2 aromatic carbocycles. The number of likely N-dealkylation sites (tertiary alicyclic amines) is 1. The summed E-state index contributed by atoms with van der Waals surface area (Å²) in [5.41, 5.74) is 4.55. The van der Waals surface area contributed by atoms with Gasteiger partial charge >= 0.3 is 0 Å². The van der Waals surface area contributed by atoms with Crippen LogP contribution in [0.2, 0.25) is 0 Å². The lowest BCUT2D eigenvalue weighted by molar-refractivity contribution is -0.122. The third-order valence-electron chi connectivity index (χ3n) is 7.74. The van der Waals surface area contributed by atoms with Crippen LogP contribution in [-0.2, 0) is 17.9 Å². The maximum atomic E-state index is 12.1. The molecule has 2 N–H and O–H groups in total. The number of nitrogens with zero attached hydrogens (tertiary/aromatic N) is 7. The largest absolute Gasteiger partial charge is 0.438 e. The molecule has 4 aromatic rings. The van der Waals surface area contributed by atoms with Crippen molar-refractivity contribution in [2.45, 2.75) is 64.7 Å². The second kappa shape index (κ2) is 12.6. The first-order chi connectivity index (χ1) is 20.9. The molecule has 1 saturated carbocycles. The van der Waals surface area contributed by atoms with E-state index in [1.54, 1.807) is 10.8 Å². The Bertz CT molecular complexity index is 1670. The molecule has 11 nitrogen and oxygen atoms in total. The fourth-order valence-electron chi connectivity index (χ4n) is 5.44. The highest BCUT2D eigenvalue weighted by Gasteiger charge is 2.24. The molecule has 0 atom stereocenters. The number of piperidine rings is 1. The maximum absolute atomic E-state index is 12.1. The molecular weight excluding hydrogens is 542 g/mol. The molecule has 1 aliphatic heterocycles. The zero-order chi connectivity index (χ0) is 29.8. The zero-order valence-electron chi connectivity index (χ0n) is 24.5. The van der Waals surface area contributed by atoms with Crippen LogP contribution in [0, 0.1) is 25.2 Å². The number of rotatable bonds is 10. The van der Waals surface area contributed by atoms with E-state index in [9.17, 15) is 4.79 Å². The van der Waals surface area contributed by atoms with Crippen molar-refractivity contribution >= 4 is 28.8 Å². The lowest BCUT2D eigenvalue weighted by Gasteiger charge is -2.31. The van der Waals surface area contributed by atoms with E-state index in [1.807, 2.05) is 62.5 Å². The summed E-state index contributed by atoms with van der Waals surface area (Å²) in [5.74, 6) is 1.79. The molecule has 1 amide bonds. The number of ether oxygens (including phenoxy) is 1. The van der Waals surface area contributed by atoms with E-state index in [1.165, 1.54) is 6.08 Å². The minimum Gasteiger partial charge on any atom is -0.438 e. The SMILES string of the molecule is Cc1cc(/C=C/C#N)cc(C)c1Oc1nc(NC2CCN(Cc3cn(CC(=O)NC4CC4)nn3)CC2)nc2ccccc12. The smallest absolute Gasteiger partial charge is 0.242 e. The number of aromatic nitrogens is 5. The minimum absolute atomic E-state index is 0.0112. The molecule has 11 heteroatoms. The number of benzene rings is 2. The standard InChI is InChI=1S/C32H35N9O2/c1-21-16-23(6-5-13-33)17-22(2)30(21)43-31-27-7-3-4-8-28(27)36-32(37-31)35-25-11-14-40(15-12-25)18-26-19-41(39-38-26)20-29(42)34-24-9-10-24/h3-8,16-17,19,24-25H,9-12,14-15,18,20H2,1-2H3,(H,34,42)(H,35,36,37)/b6-5+. The number of aryl methyl sites for hydroxylation is 2. The fourth-order valence-corrected chi connectivity index (χ4v) is 5.44. The monoisotopic (exact) mass is 577 g/mol. The van der Waals surface area contributed by atoms with Gasteiger partial charge in [-0.05, 0) is 86.6 Å². The number of carbonyl (C=O) groups excluding carboxylic acids is 1. The van der Waals surface area contributed by atoms with E-state index in [2.05, 4.69) is 25.8 Å². The lowest BCUT2D eigenvalue weighted by atomic mass is 10.1. The maximum Gasteiger partial charge on any atom is 0.242 e. The summed E-state index contributed by atoms with van der Waals surface area (Å²) in [7, 11) is 0. The second-order valence-corrected chi connectivity index (χ2v) is 11.4. The second-order valence-electron chi connectivity index (χ2n) is 11.4. The number of carbonyl (C=O) groups is 1. The highest BCUT2D eigenvalue weighted by atomic mass is 16.5. The highest BCUT2D eigenvalue weighted by Crippen LogP contribution is 2.34. The molecule has 6 rings (SSSR count). The molecule has 2 aliphatic rings. The number of allylic oxidation sites excluding steroid dienone is 1.